The Morgan fingerprint density at radius 3 is 2.30 bits per heavy atom. The van der Waals surface area contributed by atoms with E-state index in [2.05, 4.69) is 0 Å². The second-order valence-corrected chi connectivity index (χ2v) is 9.28. The lowest BCUT2D eigenvalue weighted by molar-refractivity contribution is -0.146. The van der Waals surface area contributed by atoms with Crippen LogP contribution in [0, 0.1) is 0 Å². The largest absolute Gasteiger partial charge is 0.471 e. The summed E-state index contributed by atoms with van der Waals surface area (Å²) in [4.78, 5) is 11.8. The predicted molar refractivity (Wildman–Crippen MR) is 107 cm³/mol. The number of carbonyl (C=O) groups excluding carboxylic acids is 1. The molecule has 1 fully saturated rings. The summed E-state index contributed by atoms with van der Waals surface area (Å²) in [5, 5.41) is 0.643. The number of benzene rings is 1. The molecule has 1 aromatic rings. The SMILES string of the molecule is CCOC(=O)C1=C(N)S[C@]23CCCC[C@@]12Oc1c(Cl)c(Cl)c(Cl)c(Cl)c1O3. The molecule has 1 saturated carbocycles. The first-order chi connectivity index (χ1) is 12.8. The lowest BCUT2D eigenvalue weighted by Crippen LogP contribution is -2.62. The zero-order valence-electron chi connectivity index (χ0n) is 14.2. The maximum Gasteiger partial charge on any atom is 0.340 e. The molecule has 0 aromatic heterocycles. The maximum absolute atomic E-state index is 12.7. The third-order valence-corrected chi connectivity index (χ3v) is 8.17. The van der Waals surface area contributed by atoms with Crippen molar-refractivity contribution in [1.82, 2.24) is 0 Å². The minimum absolute atomic E-state index is 0.0608. The van der Waals surface area contributed by atoms with Crippen molar-refractivity contribution < 1.29 is 19.0 Å². The molecule has 1 aliphatic carbocycles. The van der Waals surface area contributed by atoms with Crippen molar-refractivity contribution >= 4 is 64.1 Å². The highest BCUT2D eigenvalue weighted by atomic mass is 35.5. The molecule has 4 rings (SSSR count). The van der Waals surface area contributed by atoms with E-state index in [4.69, 9.17) is 66.3 Å². The van der Waals surface area contributed by atoms with Gasteiger partial charge in [0.05, 0.1) is 21.7 Å². The summed E-state index contributed by atoms with van der Waals surface area (Å²) in [6.07, 6.45) is 2.82. The number of thioether (sulfide) groups is 1. The van der Waals surface area contributed by atoms with Gasteiger partial charge in [-0.1, -0.05) is 58.2 Å². The van der Waals surface area contributed by atoms with E-state index in [1.54, 1.807) is 6.92 Å². The Morgan fingerprint density at radius 2 is 1.67 bits per heavy atom. The van der Waals surface area contributed by atoms with Gasteiger partial charge in [-0.25, -0.2) is 4.79 Å². The molecule has 146 valence electrons. The van der Waals surface area contributed by atoms with Crippen molar-refractivity contribution in [2.75, 3.05) is 6.61 Å². The molecule has 2 atom stereocenters. The lowest BCUT2D eigenvalue weighted by Gasteiger charge is -2.51. The predicted octanol–water partition coefficient (Wildman–Crippen LogP) is 5.56. The molecule has 0 radical (unpaired) electrons. The number of nitrogens with two attached hydrogens (primary N) is 1. The summed E-state index contributed by atoms with van der Waals surface area (Å²) < 4.78 is 18.0. The van der Waals surface area contributed by atoms with Crippen LogP contribution in [0.2, 0.25) is 20.1 Å². The van der Waals surface area contributed by atoms with E-state index in [1.165, 1.54) is 11.8 Å². The minimum atomic E-state index is -1.14. The zero-order valence-corrected chi connectivity index (χ0v) is 18.0. The monoisotopic (exact) mass is 469 g/mol. The Morgan fingerprint density at radius 1 is 1.07 bits per heavy atom. The van der Waals surface area contributed by atoms with Crippen LogP contribution in [0.3, 0.4) is 0 Å². The topological polar surface area (TPSA) is 70.8 Å². The summed E-state index contributed by atoms with van der Waals surface area (Å²) in [6.45, 7) is 1.95. The molecule has 3 aliphatic rings. The highest BCUT2D eigenvalue weighted by molar-refractivity contribution is 8.04. The number of carbonyl (C=O) groups is 1. The molecule has 0 saturated heterocycles. The van der Waals surface area contributed by atoms with Crippen LogP contribution < -0.4 is 15.2 Å². The number of rotatable bonds is 2. The van der Waals surface area contributed by atoms with Crippen LogP contribution in [0.25, 0.3) is 0 Å². The quantitative estimate of drug-likeness (QED) is 0.346. The van der Waals surface area contributed by atoms with Crippen LogP contribution in [0.15, 0.2) is 10.6 Å². The fourth-order valence-electron chi connectivity index (χ4n) is 3.92. The van der Waals surface area contributed by atoms with Crippen molar-refractivity contribution in [3.63, 3.8) is 0 Å². The van der Waals surface area contributed by atoms with E-state index in [1.807, 2.05) is 0 Å². The van der Waals surface area contributed by atoms with E-state index < -0.39 is 16.5 Å². The first-order valence-electron chi connectivity index (χ1n) is 8.38. The molecule has 27 heavy (non-hydrogen) atoms. The van der Waals surface area contributed by atoms with Gasteiger partial charge < -0.3 is 19.9 Å². The van der Waals surface area contributed by atoms with Crippen LogP contribution in [-0.4, -0.2) is 23.1 Å². The van der Waals surface area contributed by atoms with Crippen LogP contribution in [0.4, 0.5) is 0 Å². The number of halogens is 4. The molecule has 1 aromatic carbocycles. The van der Waals surface area contributed by atoms with Crippen molar-refractivity contribution in [3.05, 3.63) is 30.7 Å². The molecule has 0 unspecified atom stereocenters. The number of fused-ring (bicyclic) bond motifs is 1. The van der Waals surface area contributed by atoms with E-state index in [0.717, 1.165) is 12.8 Å². The van der Waals surface area contributed by atoms with Gasteiger partial charge in [-0.2, -0.15) is 0 Å². The number of ether oxygens (including phenoxy) is 3. The van der Waals surface area contributed by atoms with Crippen LogP contribution >= 0.6 is 58.2 Å². The van der Waals surface area contributed by atoms with Crippen LogP contribution in [0.1, 0.15) is 32.6 Å². The van der Waals surface area contributed by atoms with Gasteiger partial charge >= 0.3 is 5.97 Å². The molecule has 2 aliphatic heterocycles. The van der Waals surface area contributed by atoms with Gasteiger partial charge in [0.15, 0.2) is 17.1 Å². The fraction of sp³-hybridized carbons (Fsp3) is 0.471. The van der Waals surface area contributed by atoms with Gasteiger partial charge in [0, 0.05) is 6.42 Å². The highest BCUT2D eigenvalue weighted by Gasteiger charge is 2.69. The van der Waals surface area contributed by atoms with E-state index in [-0.39, 0.29) is 43.8 Å². The summed E-state index contributed by atoms with van der Waals surface area (Å²) >= 11 is 26.4. The second-order valence-electron chi connectivity index (χ2n) is 6.47. The molecule has 0 amide bonds. The average Bonchev–Trinajstić information content (AvgIpc) is 2.91. The van der Waals surface area contributed by atoms with Crippen molar-refractivity contribution in [2.45, 2.75) is 43.1 Å². The van der Waals surface area contributed by atoms with Gasteiger partial charge in [0.25, 0.3) is 0 Å². The Kier molecular flexibility index (Phi) is 4.87. The van der Waals surface area contributed by atoms with Gasteiger partial charge in [-0.3, -0.25) is 0 Å². The average molecular weight is 471 g/mol. The van der Waals surface area contributed by atoms with E-state index in [0.29, 0.717) is 17.9 Å². The van der Waals surface area contributed by atoms with E-state index >= 15 is 0 Å². The Hall–Kier alpha value is -0.660. The first-order valence-corrected chi connectivity index (χ1v) is 10.7. The highest BCUT2D eigenvalue weighted by Crippen LogP contribution is 2.66. The molecule has 10 heteroatoms. The van der Waals surface area contributed by atoms with Crippen molar-refractivity contribution in [3.8, 4) is 11.5 Å². The molecular formula is C17H15Cl4NO4S. The van der Waals surface area contributed by atoms with Gasteiger partial charge in [-0.15, -0.1) is 0 Å². The summed E-state index contributed by atoms with van der Waals surface area (Å²) in [5.74, 6) is -0.162. The molecule has 2 heterocycles. The smallest absolute Gasteiger partial charge is 0.340 e. The normalized spacial score (nSPS) is 28.6. The molecule has 2 N–H and O–H groups in total. The summed E-state index contributed by atoms with van der Waals surface area (Å²) in [6, 6.07) is 0. The summed E-state index contributed by atoms with van der Waals surface area (Å²) in [7, 11) is 0. The third kappa shape index (κ3) is 2.57. The minimum Gasteiger partial charge on any atom is -0.471 e. The third-order valence-electron chi connectivity index (χ3n) is 5.03. The Balaban J connectivity index is 1.94. The standard InChI is InChI=1S/C17H15Cl4NO4S/c1-2-24-15(23)7-14(22)27-17-6-4-3-5-16(7,17)25-12-10(20)8(18)9(19)11(21)13(12)26-17/h2-6,22H2,1H3/t16-,17-/m1/s1. The Bertz CT molecular complexity index is 892. The Labute approximate surface area is 180 Å². The second kappa shape index (κ2) is 6.70. The van der Waals surface area contributed by atoms with E-state index in [9.17, 15) is 4.79 Å². The molecular weight excluding hydrogens is 456 g/mol. The van der Waals surface area contributed by atoms with Crippen LogP contribution in [-0.2, 0) is 9.53 Å². The van der Waals surface area contributed by atoms with Crippen molar-refractivity contribution in [2.24, 2.45) is 5.73 Å². The number of hydrogen-bond acceptors (Lipinski definition) is 6. The fourth-order valence-corrected chi connectivity index (χ4v) is 6.30. The molecule has 0 bridgehead atoms. The maximum atomic E-state index is 12.7. The van der Waals surface area contributed by atoms with Crippen LogP contribution in [0.5, 0.6) is 11.5 Å². The summed E-state index contributed by atoms with van der Waals surface area (Å²) in [5.41, 5.74) is 5.38. The number of hydrogen-bond donors (Lipinski definition) is 1. The van der Waals surface area contributed by atoms with Gasteiger partial charge in [0.1, 0.15) is 15.6 Å². The van der Waals surface area contributed by atoms with Crippen molar-refractivity contribution in [1.29, 1.82) is 0 Å². The van der Waals surface area contributed by atoms with Gasteiger partial charge in [0.2, 0.25) is 4.93 Å². The van der Waals surface area contributed by atoms with Gasteiger partial charge in [-0.05, 0) is 26.2 Å². The molecule has 5 nitrogen and oxygen atoms in total. The number of esters is 1. The lowest BCUT2D eigenvalue weighted by atomic mass is 9.75. The molecule has 0 spiro atoms. The first kappa shape index (κ1) is 19.6. The zero-order chi connectivity index (χ0) is 19.6.